The first-order chi connectivity index (χ1) is 6.40. The maximum Gasteiger partial charge on any atom is 0.147 e. The largest absolute Gasteiger partial charge is 0.373 e. The molecule has 0 aromatic carbocycles. The van der Waals surface area contributed by atoms with Gasteiger partial charge in [0, 0.05) is 27.6 Å². The van der Waals surface area contributed by atoms with Crippen LogP contribution in [0.5, 0.6) is 0 Å². The Balaban J connectivity index is 1.76. The zero-order valence-electron chi connectivity index (χ0n) is 6.98. The summed E-state index contributed by atoms with van der Waals surface area (Å²) < 4.78 is 21.5. The van der Waals surface area contributed by atoms with Crippen molar-refractivity contribution in [1.29, 1.82) is 0 Å². The Hall–Kier alpha value is 0.920. The molecule has 76 valence electrons. The number of rotatable bonds is 3. The quantitative estimate of drug-likeness (QED) is 0.583. The smallest absolute Gasteiger partial charge is 0.147 e. The van der Waals surface area contributed by atoms with Gasteiger partial charge in [-0.15, -0.1) is 0 Å². The third-order valence-electron chi connectivity index (χ3n) is 2.27. The van der Waals surface area contributed by atoms with Crippen LogP contribution in [0.4, 0.5) is 0 Å². The van der Waals surface area contributed by atoms with Crippen LogP contribution in [0.1, 0.15) is 6.42 Å². The third kappa shape index (κ3) is 2.69. The molecule has 2 aliphatic rings. The number of hydrogen-bond donors (Lipinski definition) is 0. The zero-order chi connectivity index (χ0) is 9.10. The molecular formula is C7H11IO4S. The van der Waals surface area contributed by atoms with E-state index in [4.69, 9.17) is 18.4 Å². The molecule has 3 unspecified atom stereocenters. The number of halogens is 1. The molecule has 0 saturated carbocycles. The normalized spacial score (nSPS) is 39.0. The Bertz CT molecular complexity index is 171. The first-order valence-corrected chi connectivity index (χ1v) is 7.43. The monoisotopic (exact) mass is 318 g/mol. The second-order valence-electron chi connectivity index (χ2n) is 3.07. The molecule has 0 amide bonds. The van der Waals surface area contributed by atoms with E-state index in [0.29, 0.717) is 20.0 Å². The van der Waals surface area contributed by atoms with Crippen LogP contribution in [-0.2, 0) is 18.4 Å². The Morgan fingerprint density at radius 1 is 1.31 bits per heavy atom. The Kier molecular flexibility index (Phi) is 4.12. The van der Waals surface area contributed by atoms with Crippen LogP contribution in [0.25, 0.3) is 0 Å². The lowest BCUT2D eigenvalue weighted by Crippen LogP contribution is -2.40. The van der Waals surface area contributed by atoms with Crippen molar-refractivity contribution in [2.45, 2.75) is 24.7 Å². The van der Waals surface area contributed by atoms with E-state index in [2.05, 4.69) is 21.2 Å². The summed E-state index contributed by atoms with van der Waals surface area (Å²) in [7, 11) is 1.34. The van der Waals surface area contributed by atoms with Gasteiger partial charge >= 0.3 is 0 Å². The molecule has 13 heavy (non-hydrogen) atoms. The Morgan fingerprint density at radius 3 is 3.00 bits per heavy atom. The molecule has 2 rings (SSSR count). The van der Waals surface area contributed by atoms with E-state index in [-0.39, 0.29) is 18.3 Å². The van der Waals surface area contributed by atoms with Gasteiger partial charge in [-0.1, -0.05) is 0 Å². The molecule has 6 heteroatoms. The summed E-state index contributed by atoms with van der Waals surface area (Å²) in [5, 5.41) is 0. The van der Waals surface area contributed by atoms with E-state index in [1.54, 1.807) is 0 Å². The SMILES string of the molecule is ISOCC1CC2OCOC2CO1. The minimum absolute atomic E-state index is 0.142. The fourth-order valence-electron chi connectivity index (χ4n) is 1.58. The first-order valence-electron chi connectivity index (χ1n) is 4.15. The van der Waals surface area contributed by atoms with Crippen LogP contribution in [0.2, 0.25) is 0 Å². The molecule has 2 saturated heterocycles. The fourth-order valence-corrected chi connectivity index (χ4v) is 2.22. The summed E-state index contributed by atoms with van der Waals surface area (Å²) in [5.74, 6) is 0. The predicted molar refractivity (Wildman–Crippen MR) is 56.5 cm³/mol. The summed E-state index contributed by atoms with van der Waals surface area (Å²) >= 11 is 2.10. The van der Waals surface area contributed by atoms with Crippen molar-refractivity contribution in [3.8, 4) is 0 Å². The molecule has 0 bridgehead atoms. The molecule has 2 fully saturated rings. The highest BCUT2D eigenvalue weighted by molar-refractivity contribution is 14.2. The highest BCUT2D eigenvalue weighted by Gasteiger charge is 2.36. The summed E-state index contributed by atoms with van der Waals surface area (Å²) in [4.78, 5) is 0. The van der Waals surface area contributed by atoms with Crippen LogP contribution in [0.15, 0.2) is 0 Å². The van der Waals surface area contributed by atoms with Gasteiger partial charge in [-0.3, -0.25) is 0 Å². The predicted octanol–water partition coefficient (Wildman–Crippen LogP) is 1.53. The standard InChI is InChI=1S/C7H11IO4S/c8-13-12-2-5-1-6-7(3-9-5)11-4-10-6/h5-7H,1-4H2. The van der Waals surface area contributed by atoms with Crippen molar-refractivity contribution in [1.82, 2.24) is 0 Å². The van der Waals surface area contributed by atoms with Gasteiger partial charge in [-0.05, 0) is 0 Å². The van der Waals surface area contributed by atoms with Crippen molar-refractivity contribution in [3.05, 3.63) is 0 Å². The van der Waals surface area contributed by atoms with E-state index in [9.17, 15) is 0 Å². The van der Waals surface area contributed by atoms with Crippen LogP contribution in [0, 0.1) is 0 Å². The van der Waals surface area contributed by atoms with E-state index in [1.165, 1.54) is 9.21 Å². The Morgan fingerprint density at radius 2 is 2.15 bits per heavy atom. The maximum absolute atomic E-state index is 5.55. The minimum Gasteiger partial charge on any atom is -0.373 e. The van der Waals surface area contributed by atoms with Gasteiger partial charge in [0.05, 0.1) is 34.6 Å². The van der Waals surface area contributed by atoms with Gasteiger partial charge in [0.25, 0.3) is 0 Å². The molecule has 0 spiro atoms. The summed E-state index contributed by atoms with van der Waals surface area (Å²) in [6.07, 6.45) is 1.39. The zero-order valence-corrected chi connectivity index (χ0v) is 9.95. The molecule has 0 radical (unpaired) electrons. The Labute approximate surface area is 93.4 Å². The van der Waals surface area contributed by atoms with Crippen LogP contribution < -0.4 is 0 Å². The maximum atomic E-state index is 5.55. The van der Waals surface area contributed by atoms with Gasteiger partial charge in [0.1, 0.15) is 12.9 Å². The molecule has 0 aromatic rings. The minimum atomic E-state index is 0.142. The highest BCUT2D eigenvalue weighted by atomic mass is 127. The lowest BCUT2D eigenvalue weighted by molar-refractivity contribution is -0.0816. The molecule has 0 aliphatic carbocycles. The highest BCUT2D eigenvalue weighted by Crippen LogP contribution is 2.25. The second kappa shape index (κ2) is 5.13. The molecule has 3 atom stereocenters. The van der Waals surface area contributed by atoms with Gasteiger partial charge in [0.2, 0.25) is 0 Å². The molecule has 2 aliphatic heterocycles. The summed E-state index contributed by atoms with van der Waals surface area (Å²) in [6, 6.07) is 0. The molecular weight excluding hydrogens is 307 g/mol. The van der Waals surface area contributed by atoms with Gasteiger partial charge < -0.3 is 18.4 Å². The topological polar surface area (TPSA) is 36.9 Å². The molecule has 0 aromatic heterocycles. The van der Waals surface area contributed by atoms with E-state index < -0.39 is 0 Å². The average molecular weight is 318 g/mol. The second-order valence-corrected chi connectivity index (χ2v) is 4.51. The van der Waals surface area contributed by atoms with E-state index >= 15 is 0 Å². The van der Waals surface area contributed by atoms with Crippen molar-refractivity contribution in [2.75, 3.05) is 20.0 Å². The summed E-state index contributed by atoms with van der Waals surface area (Å²) in [6.45, 7) is 1.66. The lowest BCUT2D eigenvalue weighted by atomic mass is 10.0. The van der Waals surface area contributed by atoms with E-state index in [0.717, 1.165) is 6.42 Å². The first kappa shape index (κ1) is 10.4. The van der Waals surface area contributed by atoms with Crippen molar-refractivity contribution in [3.63, 3.8) is 0 Å². The molecule has 4 nitrogen and oxygen atoms in total. The van der Waals surface area contributed by atoms with E-state index in [1.807, 2.05) is 0 Å². The van der Waals surface area contributed by atoms with Crippen molar-refractivity contribution in [2.24, 2.45) is 0 Å². The summed E-state index contributed by atoms with van der Waals surface area (Å²) in [5.41, 5.74) is 0. The number of ether oxygens (including phenoxy) is 3. The molecule has 2 heterocycles. The average Bonchev–Trinajstić information content (AvgIpc) is 2.61. The van der Waals surface area contributed by atoms with Gasteiger partial charge in [-0.2, -0.15) is 0 Å². The molecule has 0 N–H and O–H groups in total. The van der Waals surface area contributed by atoms with Crippen LogP contribution in [-0.4, -0.2) is 38.3 Å². The number of hydrogen-bond acceptors (Lipinski definition) is 5. The van der Waals surface area contributed by atoms with Crippen LogP contribution >= 0.6 is 30.4 Å². The van der Waals surface area contributed by atoms with Crippen molar-refractivity contribution < 1.29 is 18.4 Å². The lowest BCUT2D eigenvalue weighted by Gasteiger charge is -2.29. The van der Waals surface area contributed by atoms with Crippen molar-refractivity contribution >= 4 is 30.4 Å². The fraction of sp³-hybridized carbons (Fsp3) is 1.00. The van der Waals surface area contributed by atoms with Gasteiger partial charge in [0.15, 0.2) is 0 Å². The third-order valence-corrected chi connectivity index (χ3v) is 3.26. The van der Waals surface area contributed by atoms with Crippen LogP contribution in [0.3, 0.4) is 0 Å². The van der Waals surface area contributed by atoms with Gasteiger partial charge in [-0.25, -0.2) is 0 Å². The number of fused-ring (bicyclic) bond motifs is 1.